The summed E-state index contributed by atoms with van der Waals surface area (Å²) in [6.07, 6.45) is 6.86. The minimum Gasteiger partial charge on any atom is -0.368 e. The number of nitrogens with one attached hydrogen (secondary N) is 1. The number of nitrogens with two attached hydrogens (primary N) is 1. The molecule has 1 amide bonds. The molecule has 0 spiro atoms. The van der Waals surface area contributed by atoms with E-state index in [4.69, 9.17) is 5.73 Å². The second-order valence-corrected chi connectivity index (χ2v) is 7.23. The zero-order valence-electron chi connectivity index (χ0n) is 13.3. The average molecular weight is 281 g/mol. The number of likely N-dealkylation sites (tertiary alicyclic amines) is 1. The summed E-state index contributed by atoms with van der Waals surface area (Å²) < 4.78 is 0. The van der Waals surface area contributed by atoms with Gasteiger partial charge in [0.1, 0.15) is 0 Å². The maximum atomic E-state index is 11.7. The third-order valence-corrected chi connectivity index (χ3v) is 5.04. The molecule has 116 valence electrons. The molecule has 0 aromatic heterocycles. The molecule has 2 aliphatic rings. The zero-order chi connectivity index (χ0) is 14.8. The van der Waals surface area contributed by atoms with Crippen molar-refractivity contribution in [1.29, 1.82) is 0 Å². The normalized spacial score (nSPS) is 30.9. The van der Waals surface area contributed by atoms with E-state index in [9.17, 15) is 4.79 Å². The number of carbonyl (C=O) groups is 1. The standard InChI is InChI=1S/C16H31N3O/c1-12-7-10-19(13(2)11-12)9-4-8-16(3,15(17)20)18-14-5-6-14/h12-14,18H,4-11H2,1-3H3,(H2,17,20). The molecular formula is C16H31N3O. The third kappa shape index (κ3) is 4.19. The molecule has 1 aliphatic heterocycles. The number of hydrogen-bond acceptors (Lipinski definition) is 3. The van der Waals surface area contributed by atoms with Crippen LogP contribution in [0.4, 0.5) is 0 Å². The van der Waals surface area contributed by atoms with Crippen LogP contribution in [-0.4, -0.2) is 41.5 Å². The van der Waals surface area contributed by atoms with Crippen molar-refractivity contribution in [3.63, 3.8) is 0 Å². The predicted molar refractivity (Wildman–Crippen MR) is 82.4 cm³/mol. The first-order chi connectivity index (χ1) is 9.40. The van der Waals surface area contributed by atoms with Gasteiger partial charge in [0.15, 0.2) is 0 Å². The van der Waals surface area contributed by atoms with Gasteiger partial charge in [0, 0.05) is 12.1 Å². The van der Waals surface area contributed by atoms with Crippen LogP contribution in [0.25, 0.3) is 0 Å². The minimum absolute atomic E-state index is 0.204. The van der Waals surface area contributed by atoms with Gasteiger partial charge in [0.05, 0.1) is 5.54 Å². The Bertz CT molecular complexity index is 343. The van der Waals surface area contributed by atoms with E-state index >= 15 is 0 Å². The highest BCUT2D eigenvalue weighted by molar-refractivity contribution is 5.84. The van der Waals surface area contributed by atoms with Crippen LogP contribution in [0.1, 0.15) is 59.3 Å². The second-order valence-electron chi connectivity index (χ2n) is 7.23. The number of primary amides is 1. The first-order valence-electron chi connectivity index (χ1n) is 8.22. The van der Waals surface area contributed by atoms with Crippen LogP contribution in [-0.2, 0) is 4.79 Å². The number of nitrogens with zero attached hydrogens (tertiary/aromatic N) is 1. The van der Waals surface area contributed by atoms with E-state index in [0.29, 0.717) is 12.1 Å². The van der Waals surface area contributed by atoms with E-state index in [1.54, 1.807) is 0 Å². The second kappa shape index (κ2) is 6.44. The van der Waals surface area contributed by atoms with E-state index in [2.05, 4.69) is 24.1 Å². The average Bonchev–Trinajstić information content (AvgIpc) is 3.15. The highest BCUT2D eigenvalue weighted by Crippen LogP contribution is 2.26. The number of rotatable bonds is 7. The van der Waals surface area contributed by atoms with Gasteiger partial charge in [-0.05, 0) is 71.4 Å². The van der Waals surface area contributed by atoms with Crippen LogP contribution < -0.4 is 11.1 Å². The summed E-state index contributed by atoms with van der Waals surface area (Å²) in [7, 11) is 0. The maximum Gasteiger partial charge on any atom is 0.237 e. The molecule has 3 unspecified atom stereocenters. The summed E-state index contributed by atoms with van der Waals surface area (Å²) in [5.74, 6) is 0.651. The Hall–Kier alpha value is -0.610. The summed E-state index contributed by atoms with van der Waals surface area (Å²) in [6.45, 7) is 8.92. The molecule has 0 aromatic rings. The lowest BCUT2D eigenvalue weighted by atomic mass is 9.91. The molecule has 0 bridgehead atoms. The lowest BCUT2D eigenvalue weighted by Crippen LogP contribution is -2.54. The highest BCUT2D eigenvalue weighted by atomic mass is 16.1. The summed E-state index contributed by atoms with van der Waals surface area (Å²) in [4.78, 5) is 14.3. The number of piperidine rings is 1. The molecule has 3 atom stereocenters. The Labute approximate surface area is 123 Å². The van der Waals surface area contributed by atoms with Crippen LogP contribution in [0.3, 0.4) is 0 Å². The quantitative estimate of drug-likeness (QED) is 0.749. The van der Waals surface area contributed by atoms with Gasteiger partial charge in [-0.15, -0.1) is 0 Å². The van der Waals surface area contributed by atoms with Crippen molar-refractivity contribution in [3.05, 3.63) is 0 Å². The minimum atomic E-state index is -0.520. The number of hydrogen-bond donors (Lipinski definition) is 2. The topological polar surface area (TPSA) is 58.4 Å². The van der Waals surface area contributed by atoms with Gasteiger partial charge in [-0.1, -0.05) is 6.92 Å². The van der Waals surface area contributed by atoms with E-state index in [1.165, 1.54) is 32.2 Å². The van der Waals surface area contributed by atoms with Crippen molar-refractivity contribution in [2.45, 2.75) is 76.9 Å². The summed E-state index contributed by atoms with van der Waals surface area (Å²) >= 11 is 0. The lowest BCUT2D eigenvalue weighted by Gasteiger charge is -2.37. The van der Waals surface area contributed by atoms with Crippen molar-refractivity contribution in [2.75, 3.05) is 13.1 Å². The molecular weight excluding hydrogens is 250 g/mol. The van der Waals surface area contributed by atoms with Gasteiger partial charge in [0.2, 0.25) is 5.91 Å². The molecule has 1 saturated carbocycles. The van der Waals surface area contributed by atoms with Gasteiger partial charge in [-0.25, -0.2) is 0 Å². The smallest absolute Gasteiger partial charge is 0.237 e. The molecule has 1 aliphatic carbocycles. The Morgan fingerprint density at radius 1 is 1.35 bits per heavy atom. The Kier molecular flexibility index (Phi) is 5.08. The highest BCUT2D eigenvalue weighted by Gasteiger charge is 2.36. The van der Waals surface area contributed by atoms with Gasteiger partial charge < -0.3 is 16.0 Å². The van der Waals surface area contributed by atoms with Gasteiger partial charge >= 0.3 is 0 Å². The zero-order valence-corrected chi connectivity index (χ0v) is 13.3. The van der Waals surface area contributed by atoms with Crippen LogP contribution >= 0.6 is 0 Å². The fourth-order valence-electron chi connectivity index (χ4n) is 3.37. The molecule has 4 heteroatoms. The summed E-state index contributed by atoms with van der Waals surface area (Å²) in [6, 6.07) is 1.19. The Balaban J connectivity index is 1.76. The van der Waals surface area contributed by atoms with Crippen molar-refractivity contribution in [1.82, 2.24) is 10.2 Å². The van der Waals surface area contributed by atoms with Crippen LogP contribution in [0, 0.1) is 5.92 Å². The van der Waals surface area contributed by atoms with E-state index in [1.807, 2.05) is 6.92 Å². The molecule has 1 saturated heterocycles. The third-order valence-electron chi connectivity index (χ3n) is 5.04. The molecule has 2 rings (SSSR count). The van der Waals surface area contributed by atoms with Crippen molar-refractivity contribution in [3.8, 4) is 0 Å². The molecule has 2 fully saturated rings. The SMILES string of the molecule is CC1CCN(CCCC(C)(NC2CC2)C(N)=O)C(C)C1. The fraction of sp³-hybridized carbons (Fsp3) is 0.938. The summed E-state index contributed by atoms with van der Waals surface area (Å²) in [5, 5.41) is 3.43. The summed E-state index contributed by atoms with van der Waals surface area (Å²) in [5.41, 5.74) is 5.08. The maximum absolute atomic E-state index is 11.7. The molecule has 1 heterocycles. The largest absolute Gasteiger partial charge is 0.368 e. The van der Waals surface area contributed by atoms with Gasteiger partial charge in [-0.2, -0.15) is 0 Å². The predicted octanol–water partition coefficient (Wildman–Crippen LogP) is 1.88. The molecule has 20 heavy (non-hydrogen) atoms. The first-order valence-corrected chi connectivity index (χ1v) is 8.22. The van der Waals surface area contributed by atoms with Crippen LogP contribution in [0.15, 0.2) is 0 Å². The lowest BCUT2D eigenvalue weighted by molar-refractivity contribution is -0.124. The first kappa shape index (κ1) is 15.8. The van der Waals surface area contributed by atoms with Crippen LogP contribution in [0.2, 0.25) is 0 Å². The van der Waals surface area contributed by atoms with E-state index in [-0.39, 0.29) is 5.91 Å². The molecule has 3 N–H and O–H groups in total. The van der Waals surface area contributed by atoms with Crippen LogP contribution in [0.5, 0.6) is 0 Å². The van der Waals surface area contributed by atoms with Crippen molar-refractivity contribution >= 4 is 5.91 Å². The Morgan fingerprint density at radius 3 is 2.60 bits per heavy atom. The van der Waals surface area contributed by atoms with Crippen molar-refractivity contribution in [2.24, 2.45) is 11.7 Å². The number of carbonyl (C=O) groups excluding carboxylic acids is 1. The van der Waals surface area contributed by atoms with Crippen molar-refractivity contribution < 1.29 is 4.79 Å². The van der Waals surface area contributed by atoms with E-state index in [0.717, 1.165) is 25.3 Å². The van der Waals surface area contributed by atoms with E-state index < -0.39 is 5.54 Å². The van der Waals surface area contributed by atoms with Gasteiger partial charge in [-0.3, -0.25) is 4.79 Å². The fourth-order valence-corrected chi connectivity index (χ4v) is 3.37. The number of amides is 1. The molecule has 0 radical (unpaired) electrons. The van der Waals surface area contributed by atoms with Gasteiger partial charge in [0.25, 0.3) is 0 Å². The Morgan fingerprint density at radius 2 is 2.05 bits per heavy atom. The molecule has 4 nitrogen and oxygen atoms in total. The molecule has 0 aromatic carbocycles. The monoisotopic (exact) mass is 281 g/mol.